The summed E-state index contributed by atoms with van der Waals surface area (Å²) in [6.07, 6.45) is 2.48. The van der Waals surface area contributed by atoms with Gasteiger partial charge in [-0.25, -0.2) is 4.98 Å². The van der Waals surface area contributed by atoms with Gasteiger partial charge in [-0.3, -0.25) is 4.79 Å². The van der Waals surface area contributed by atoms with Crippen molar-refractivity contribution >= 4 is 5.97 Å². The second kappa shape index (κ2) is 3.44. The van der Waals surface area contributed by atoms with E-state index in [1.54, 1.807) is 0 Å². The van der Waals surface area contributed by atoms with Crippen LogP contribution in [0.5, 0.6) is 0 Å². The van der Waals surface area contributed by atoms with Crippen molar-refractivity contribution in [3.05, 3.63) is 17.2 Å². The largest absolute Gasteiger partial charge is 0.469 e. The second-order valence-corrected chi connectivity index (χ2v) is 3.71. The van der Waals surface area contributed by atoms with Crippen molar-refractivity contribution in [2.75, 3.05) is 7.11 Å². The highest BCUT2D eigenvalue weighted by molar-refractivity contribution is 5.73. The van der Waals surface area contributed by atoms with E-state index in [1.165, 1.54) is 12.8 Å². The lowest BCUT2D eigenvalue weighted by Crippen LogP contribution is -2.23. The number of methoxy groups -OCH3 is 1. The van der Waals surface area contributed by atoms with Gasteiger partial charge in [-0.1, -0.05) is 0 Å². The summed E-state index contributed by atoms with van der Waals surface area (Å²) in [6, 6.07) is 0. The molecule has 1 unspecified atom stereocenters. The number of aromatic amines is 1. The monoisotopic (exact) mass is 194 g/mol. The first-order valence-corrected chi connectivity index (χ1v) is 4.83. The standard InChI is InChI=1S/C10H14N2O2/c1-6-11-8-4-3-7(10(13)14-2)5-9(8)12-6/h7H,3-5H2,1-2H3,(H,11,12). The Kier molecular flexibility index (Phi) is 2.27. The Labute approximate surface area is 82.7 Å². The Hall–Kier alpha value is -1.32. The molecule has 0 bridgehead atoms. The van der Waals surface area contributed by atoms with Crippen molar-refractivity contribution in [1.82, 2.24) is 9.97 Å². The summed E-state index contributed by atoms with van der Waals surface area (Å²) in [4.78, 5) is 18.9. The summed E-state index contributed by atoms with van der Waals surface area (Å²) in [6.45, 7) is 1.94. The molecule has 1 aliphatic rings. The normalized spacial score (nSPS) is 20.3. The number of aromatic nitrogens is 2. The molecule has 1 atom stereocenters. The Bertz CT molecular complexity index is 357. The van der Waals surface area contributed by atoms with E-state index >= 15 is 0 Å². The SMILES string of the molecule is COC(=O)C1CCc2[nH]c(C)nc2C1. The predicted molar refractivity (Wildman–Crippen MR) is 50.9 cm³/mol. The number of nitrogens with one attached hydrogen (secondary N) is 1. The number of ether oxygens (including phenoxy) is 1. The minimum atomic E-state index is -0.115. The smallest absolute Gasteiger partial charge is 0.309 e. The molecule has 1 aromatic heterocycles. The molecule has 1 heterocycles. The van der Waals surface area contributed by atoms with Gasteiger partial charge in [0, 0.05) is 12.1 Å². The summed E-state index contributed by atoms with van der Waals surface area (Å²) in [5.74, 6) is 0.812. The van der Waals surface area contributed by atoms with E-state index in [4.69, 9.17) is 4.74 Å². The van der Waals surface area contributed by atoms with Crippen molar-refractivity contribution in [1.29, 1.82) is 0 Å². The van der Waals surface area contributed by atoms with Crippen LogP contribution in [0.2, 0.25) is 0 Å². The first kappa shape index (κ1) is 9.24. The highest BCUT2D eigenvalue weighted by atomic mass is 16.5. The summed E-state index contributed by atoms with van der Waals surface area (Å²) in [5.41, 5.74) is 2.21. The fourth-order valence-electron chi connectivity index (χ4n) is 1.99. The zero-order chi connectivity index (χ0) is 10.1. The maximum atomic E-state index is 11.3. The van der Waals surface area contributed by atoms with Crippen molar-refractivity contribution < 1.29 is 9.53 Å². The van der Waals surface area contributed by atoms with Crippen LogP contribution in [0.4, 0.5) is 0 Å². The zero-order valence-corrected chi connectivity index (χ0v) is 8.46. The number of carbonyl (C=O) groups excluding carboxylic acids is 1. The first-order valence-electron chi connectivity index (χ1n) is 4.83. The minimum Gasteiger partial charge on any atom is -0.469 e. The lowest BCUT2D eigenvalue weighted by molar-refractivity contribution is -0.145. The van der Waals surface area contributed by atoms with Gasteiger partial charge in [0.25, 0.3) is 0 Å². The lowest BCUT2D eigenvalue weighted by atomic mass is 9.90. The van der Waals surface area contributed by atoms with Gasteiger partial charge in [-0.05, 0) is 19.8 Å². The molecule has 4 heteroatoms. The van der Waals surface area contributed by atoms with Crippen LogP contribution in [-0.2, 0) is 22.4 Å². The summed E-state index contributed by atoms with van der Waals surface area (Å²) in [5, 5.41) is 0. The van der Waals surface area contributed by atoms with E-state index in [0.717, 1.165) is 24.4 Å². The summed E-state index contributed by atoms with van der Waals surface area (Å²) >= 11 is 0. The summed E-state index contributed by atoms with van der Waals surface area (Å²) in [7, 11) is 1.44. The fourth-order valence-corrected chi connectivity index (χ4v) is 1.99. The molecule has 1 aromatic rings. The highest BCUT2D eigenvalue weighted by Crippen LogP contribution is 2.24. The molecule has 1 aliphatic carbocycles. The van der Waals surface area contributed by atoms with Gasteiger partial charge in [0.15, 0.2) is 0 Å². The van der Waals surface area contributed by atoms with Gasteiger partial charge < -0.3 is 9.72 Å². The average molecular weight is 194 g/mol. The number of aryl methyl sites for hydroxylation is 2. The number of rotatable bonds is 1. The van der Waals surface area contributed by atoms with Crippen molar-refractivity contribution in [3.63, 3.8) is 0 Å². The van der Waals surface area contributed by atoms with Gasteiger partial charge in [-0.15, -0.1) is 0 Å². The quantitative estimate of drug-likeness (QED) is 0.678. The van der Waals surface area contributed by atoms with Crippen molar-refractivity contribution in [3.8, 4) is 0 Å². The highest BCUT2D eigenvalue weighted by Gasteiger charge is 2.27. The van der Waals surface area contributed by atoms with Crippen LogP contribution in [0.25, 0.3) is 0 Å². The van der Waals surface area contributed by atoms with Gasteiger partial charge in [0.2, 0.25) is 0 Å². The Morgan fingerprint density at radius 1 is 1.64 bits per heavy atom. The number of imidazole rings is 1. The van der Waals surface area contributed by atoms with Crippen LogP contribution in [-0.4, -0.2) is 23.0 Å². The van der Waals surface area contributed by atoms with Crippen LogP contribution >= 0.6 is 0 Å². The van der Waals surface area contributed by atoms with Gasteiger partial charge in [0.1, 0.15) is 5.82 Å². The van der Waals surface area contributed by atoms with Crippen molar-refractivity contribution in [2.24, 2.45) is 5.92 Å². The Morgan fingerprint density at radius 2 is 2.43 bits per heavy atom. The van der Waals surface area contributed by atoms with E-state index in [2.05, 4.69) is 9.97 Å². The molecule has 14 heavy (non-hydrogen) atoms. The number of fused-ring (bicyclic) bond motifs is 1. The third kappa shape index (κ3) is 1.52. The topological polar surface area (TPSA) is 55.0 Å². The van der Waals surface area contributed by atoms with Crippen LogP contribution in [0.15, 0.2) is 0 Å². The number of nitrogens with zero attached hydrogens (tertiary/aromatic N) is 1. The minimum absolute atomic E-state index is 0.00444. The molecule has 0 amide bonds. The molecule has 2 rings (SSSR count). The lowest BCUT2D eigenvalue weighted by Gasteiger charge is -2.18. The number of hydrogen-bond donors (Lipinski definition) is 1. The van der Waals surface area contributed by atoms with E-state index < -0.39 is 0 Å². The van der Waals surface area contributed by atoms with Crippen LogP contribution in [0.3, 0.4) is 0 Å². The fraction of sp³-hybridized carbons (Fsp3) is 0.600. The van der Waals surface area contributed by atoms with Crippen LogP contribution in [0.1, 0.15) is 23.6 Å². The zero-order valence-electron chi connectivity index (χ0n) is 8.46. The number of esters is 1. The van der Waals surface area contributed by atoms with E-state index in [0.29, 0.717) is 6.42 Å². The number of hydrogen-bond acceptors (Lipinski definition) is 3. The molecular weight excluding hydrogens is 180 g/mol. The van der Waals surface area contributed by atoms with Crippen LogP contribution < -0.4 is 0 Å². The second-order valence-electron chi connectivity index (χ2n) is 3.71. The molecule has 0 saturated heterocycles. The molecular formula is C10H14N2O2. The molecule has 0 saturated carbocycles. The molecule has 0 radical (unpaired) electrons. The molecule has 76 valence electrons. The Balaban J connectivity index is 2.16. The van der Waals surface area contributed by atoms with Crippen LogP contribution in [0, 0.1) is 12.8 Å². The molecule has 1 N–H and O–H groups in total. The average Bonchev–Trinajstić information content (AvgIpc) is 2.55. The van der Waals surface area contributed by atoms with Gasteiger partial charge in [-0.2, -0.15) is 0 Å². The maximum Gasteiger partial charge on any atom is 0.309 e. The predicted octanol–water partition coefficient (Wildman–Crippen LogP) is 0.996. The van der Waals surface area contributed by atoms with E-state index in [-0.39, 0.29) is 11.9 Å². The third-order valence-corrected chi connectivity index (χ3v) is 2.70. The van der Waals surface area contributed by atoms with E-state index in [9.17, 15) is 4.79 Å². The van der Waals surface area contributed by atoms with Crippen molar-refractivity contribution in [2.45, 2.75) is 26.2 Å². The molecule has 0 fully saturated rings. The molecule has 0 aliphatic heterocycles. The Morgan fingerprint density at radius 3 is 3.14 bits per heavy atom. The number of carbonyl (C=O) groups is 1. The maximum absolute atomic E-state index is 11.3. The number of H-pyrrole nitrogens is 1. The first-order chi connectivity index (χ1) is 6.70. The molecule has 0 aromatic carbocycles. The van der Waals surface area contributed by atoms with Gasteiger partial charge in [0.05, 0.1) is 18.7 Å². The van der Waals surface area contributed by atoms with E-state index in [1.807, 2.05) is 6.92 Å². The summed E-state index contributed by atoms with van der Waals surface area (Å²) < 4.78 is 4.73. The third-order valence-electron chi connectivity index (χ3n) is 2.70. The van der Waals surface area contributed by atoms with Gasteiger partial charge >= 0.3 is 5.97 Å². The molecule has 4 nitrogen and oxygen atoms in total. The molecule has 0 spiro atoms.